The number of H-pyrrole nitrogens is 1. The molecule has 132 valence electrons. The molecule has 3 aromatic heterocycles. The number of aryl methyl sites for hydroxylation is 1. The highest BCUT2D eigenvalue weighted by Crippen LogP contribution is 2.31. The maximum Gasteiger partial charge on any atom is 0.258 e. The number of furan rings is 2. The number of hydrogen-bond donors (Lipinski definition) is 1. The molecule has 5 rings (SSSR count). The topological polar surface area (TPSA) is 92.3 Å². The molecule has 7 heteroatoms. The summed E-state index contributed by atoms with van der Waals surface area (Å²) >= 11 is 0. The van der Waals surface area contributed by atoms with Crippen molar-refractivity contribution in [2.45, 2.75) is 32.2 Å². The zero-order valence-corrected chi connectivity index (χ0v) is 14.1. The van der Waals surface area contributed by atoms with Crippen LogP contribution in [-0.4, -0.2) is 33.3 Å². The third-order valence-electron chi connectivity index (χ3n) is 5.16. The Kier molecular flexibility index (Phi) is 3.34. The fourth-order valence-electron chi connectivity index (χ4n) is 3.84. The summed E-state index contributed by atoms with van der Waals surface area (Å²) in [5.41, 5.74) is 3.57. The molecule has 0 radical (unpaired) electrons. The average molecular weight is 351 g/mol. The van der Waals surface area contributed by atoms with E-state index in [2.05, 4.69) is 10.2 Å². The summed E-state index contributed by atoms with van der Waals surface area (Å²) < 4.78 is 11.0. The first-order valence-corrected chi connectivity index (χ1v) is 8.75. The van der Waals surface area contributed by atoms with Gasteiger partial charge in [-0.25, -0.2) is 0 Å². The second-order valence-electron chi connectivity index (χ2n) is 6.71. The number of carbonyl (C=O) groups is 2. The van der Waals surface area contributed by atoms with Crippen LogP contribution in [0.15, 0.2) is 33.5 Å². The van der Waals surface area contributed by atoms with Gasteiger partial charge in [0.15, 0.2) is 11.5 Å². The zero-order chi connectivity index (χ0) is 17.7. The standard InChI is InChI=1S/C19H17N3O4/c23-14-3-1-4-15-17(14)12(10-26-15)19(24)22-7-6-13-11(9-22)18(21-20-13)16-5-2-8-25-16/h2,5,8,10H,1,3-4,6-7,9H2,(H,20,21). The van der Waals surface area contributed by atoms with Crippen LogP contribution in [0.4, 0.5) is 0 Å². The third-order valence-corrected chi connectivity index (χ3v) is 5.16. The van der Waals surface area contributed by atoms with Crippen molar-refractivity contribution in [2.24, 2.45) is 0 Å². The highest BCUT2D eigenvalue weighted by Gasteiger charge is 2.32. The fraction of sp³-hybridized carbons (Fsp3) is 0.316. The predicted molar refractivity (Wildman–Crippen MR) is 90.7 cm³/mol. The zero-order valence-electron chi connectivity index (χ0n) is 14.1. The molecule has 0 saturated carbocycles. The summed E-state index contributed by atoms with van der Waals surface area (Å²) in [6.45, 7) is 0.995. The van der Waals surface area contributed by atoms with Crippen molar-refractivity contribution in [1.29, 1.82) is 0 Å². The lowest BCUT2D eigenvalue weighted by atomic mass is 9.93. The molecule has 0 atom stereocenters. The van der Waals surface area contributed by atoms with E-state index in [0.29, 0.717) is 55.0 Å². The molecule has 1 aliphatic heterocycles. The SMILES string of the molecule is O=C1CCCc2occ(C(=O)N3CCc4[nH]nc(-c5ccco5)c4C3)c21. The Labute approximate surface area is 149 Å². The van der Waals surface area contributed by atoms with E-state index >= 15 is 0 Å². The molecule has 0 fully saturated rings. The van der Waals surface area contributed by atoms with Crippen molar-refractivity contribution < 1.29 is 18.4 Å². The van der Waals surface area contributed by atoms with Crippen LogP contribution in [0.3, 0.4) is 0 Å². The van der Waals surface area contributed by atoms with Crippen molar-refractivity contribution in [1.82, 2.24) is 15.1 Å². The first-order chi connectivity index (χ1) is 12.7. The number of hydrogen-bond acceptors (Lipinski definition) is 5. The summed E-state index contributed by atoms with van der Waals surface area (Å²) in [6, 6.07) is 3.66. The quantitative estimate of drug-likeness (QED) is 0.766. The molecule has 7 nitrogen and oxygen atoms in total. The van der Waals surface area contributed by atoms with Gasteiger partial charge in [0.1, 0.15) is 17.7 Å². The molecule has 1 aliphatic carbocycles. The van der Waals surface area contributed by atoms with Crippen LogP contribution in [0.1, 0.15) is 50.6 Å². The monoisotopic (exact) mass is 351 g/mol. The summed E-state index contributed by atoms with van der Waals surface area (Å²) in [7, 11) is 0. The van der Waals surface area contributed by atoms with Gasteiger partial charge >= 0.3 is 0 Å². The van der Waals surface area contributed by atoms with Crippen molar-refractivity contribution in [3.05, 3.63) is 52.8 Å². The molecule has 1 amide bonds. The lowest BCUT2D eigenvalue weighted by Crippen LogP contribution is -2.36. The normalized spacial score (nSPS) is 16.5. The van der Waals surface area contributed by atoms with Gasteiger partial charge in [-0.1, -0.05) is 0 Å². The number of aromatic amines is 1. The Hall–Kier alpha value is -3.09. The van der Waals surface area contributed by atoms with Gasteiger partial charge in [0.25, 0.3) is 5.91 Å². The molecule has 1 N–H and O–H groups in total. The van der Waals surface area contributed by atoms with E-state index in [1.165, 1.54) is 6.26 Å². The Bertz CT molecular complexity index is 996. The maximum atomic E-state index is 13.1. The molecule has 2 aliphatic rings. The van der Waals surface area contributed by atoms with Gasteiger partial charge in [-0.15, -0.1) is 0 Å². The van der Waals surface area contributed by atoms with Crippen LogP contribution in [0.25, 0.3) is 11.5 Å². The van der Waals surface area contributed by atoms with Crippen LogP contribution in [0, 0.1) is 0 Å². The number of aromatic nitrogens is 2. The van der Waals surface area contributed by atoms with Crippen molar-refractivity contribution in [2.75, 3.05) is 6.54 Å². The van der Waals surface area contributed by atoms with Crippen LogP contribution in [-0.2, 0) is 19.4 Å². The molecule has 0 spiro atoms. The molecule has 0 bridgehead atoms. The van der Waals surface area contributed by atoms with Gasteiger partial charge in [0, 0.05) is 37.1 Å². The number of Topliss-reactive ketones (excluding diaryl/α,β-unsaturated/α-hetero) is 1. The molecule has 0 aromatic carbocycles. The van der Waals surface area contributed by atoms with Gasteiger partial charge in [-0.2, -0.15) is 5.10 Å². The maximum absolute atomic E-state index is 13.1. The summed E-state index contributed by atoms with van der Waals surface area (Å²) in [6.07, 6.45) is 5.69. The van der Waals surface area contributed by atoms with Crippen LogP contribution in [0.2, 0.25) is 0 Å². The average Bonchev–Trinajstić information content (AvgIpc) is 3.39. The second-order valence-corrected chi connectivity index (χ2v) is 6.71. The van der Waals surface area contributed by atoms with Crippen LogP contribution in [0.5, 0.6) is 0 Å². The van der Waals surface area contributed by atoms with Gasteiger partial charge in [-0.05, 0) is 18.6 Å². The lowest BCUT2D eigenvalue weighted by Gasteiger charge is -2.27. The Morgan fingerprint density at radius 2 is 2.15 bits per heavy atom. The van der Waals surface area contributed by atoms with Gasteiger partial charge in [0.05, 0.1) is 23.9 Å². The molecular formula is C19H17N3O4. The highest BCUT2D eigenvalue weighted by atomic mass is 16.3. The van der Waals surface area contributed by atoms with Crippen LogP contribution < -0.4 is 0 Å². The number of nitrogens with one attached hydrogen (secondary N) is 1. The van der Waals surface area contributed by atoms with Crippen LogP contribution >= 0.6 is 0 Å². The van der Waals surface area contributed by atoms with Gasteiger partial charge in [-0.3, -0.25) is 14.7 Å². The Balaban J connectivity index is 1.47. The van der Waals surface area contributed by atoms with E-state index in [1.807, 2.05) is 12.1 Å². The minimum Gasteiger partial charge on any atom is -0.468 e. The van der Waals surface area contributed by atoms with Gasteiger partial charge < -0.3 is 13.7 Å². The first-order valence-electron chi connectivity index (χ1n) is 8.75. The molecule has 0 unspecified atom stereocenters. The minimum atomic E-state index is -0.164. The smallest absolute Gasteiger partial charge is 0.258 e. The van der Waals surface area contributed by atoms with Crippen molar-refractivity contribution >= 4 is 11.7 Å². The van der Waals surface area contributed by atoms with Gasteiger partial charge in [0.2, 0.25) is 0 Å². The summed E-state index contributed by atoms with van der Waals surface area (Å²) in [5.74, 6) is 1.15. The molecule has 26 heavy (non-hydrogen) atoms. The van der Waals surface area contributed by atoms with Crippen molar-refractivity contribution in [3.63, 3.8) is 0 Å². The molecule has 4 heterocycles. The fourth-order valence-corrected chi connectivity index (χ4v) is 3.84. The summed E-state index contributed by atoms with van der Waals surface area (Å²) in [4.78, 5) is 27.1. The third kappa shape index (κ3) is 2.23. The Morgan fingerprint density at radius 1 is 1.23 bits per heavy atom. The van der Waals surface area contributed by atoms with E-state index in [-0.39, 0.29) is 11.7 Å². The predicted octanol–water partition coefficient (Wildman–Crippen LogP) is 2.98. The largest absolute Gasteiger partial charge is 0.468 e. The number of rotatable bonds is 2. The van der Waals surface area contributed by atoms with Crippen molar-refractivity contribution in [3.8, 4) is 11.5 Å². The molecular weight excluding hydrogens is 334 g/mol. The minimum absolute atomic E-state index is 0.000587. The first kappa shape index (κ1) is 15.2. The van der Waals surface area contributed by atoms with E-state index < -0.39 is 0 Å². The molecule has 0 saturated heterocycles. The number of fused-ring (bicyclic) bond motifs is 2. The number of carbonyl (C=O) groups excluding carboxylic acids is 2. The number of nitrogens with zero attached hydrogens (tertiary/aromatic N) is 2. The second kappa shape index (κ2) is 5.72. The number of ketones is 1. The number of amides is 1. The van der Waals surface area contributed by atoms with E-state index in [4.69, 9.17) is 8.83 Å². The Morgan fingerprint density at radius 3 is 3.00 bits per heavy atom. The van der Waals surface area contributed by atoms with E-state index in [0.717, 1.165) is 23.4 Å². The highest BCUT2D eigenvalue weighted by molar-refractivity contribution is 6.09. The lowest BCUT2D eigenvalue weighted by molar-refractivity contribution is 0.0729. The van der Waals surface area contributed by atoms with E-state index in [1.54, 1.807) is 11.2 Å². The summed E-state index contributed by atoms with van der Waals surface area (Å²) in [5, 5.41) is 7.39. The van der Waals surface area contributed by atoms with E-state index in [9.17, 15) is 9.59 Å². The molecule has 3 aromatic rings.